The van der Waals surface area contributed by atoms with Crippen molar-refractivity contribution in [3.8, 4) is 11.5 Å². The number of anilines is 2. The number of hydrogen-bond acceptors (Lipinski definition) is 4. The number of methoxy groups -OCH3 is 2. The predicted octanol–water partition coefficient (Wildman–Crippen LogP) is 3.60. The summed E-state index contributed by atoms with van der Waals surface area (Å²) in [5.41, 5.74) is 3.37. The van der Waals surface area contributed by atoms with Crippen LogP contribution >= 0.6 is 0 Å². The van der Waals surface area contributed by atoms with Gasteiger partial charge in [-0.15, -0.1) is 0 Å². The maximum absolute atomic E-state index is 14.9. The quantitative estimate of drug-likeness (QED) is 0.765. The molecule has 0 bridgehead atoms. The van der Waals surface area contributed by atoms with Crippen LogP contribution in [-0.4, -0.2) is 37.3 Å². The van der Waals surface area contributed by atoms with Gasteiger partial charge in [0.1, 0.15) is 11.4 Å². The molecule has 0 atom stereocenters. The van der Waals surface area contributed by atoms with Gasteiger partial charge < -0.3 is 14.5 Å². The number of aryl methyl sites for hydroxylation is 1. The molecule has 2 amide bonds. The fourth-order valence-corrected chi connectivity index (χ4v) is 3.47. The Morgan fingerprint density at radius 3 is 2.70 bits per heavy atom. The van der Waals surface area contributed by atoms with E-state index in [-0.39, 0.29) is 24.0 Å². The number of fused-ring (bicyclic) bond motifs is 3. The van der Waals surface area contributed by atoms with Gasteiger partial charge in [-0.2, -0.15) is 0 Å². The molecule has 0 spiro atoms. The van der Waals surface area contributed by atoms with Crippen LogP contribution in [0.5, 0.6) is 11.5 Å². The largest absolute Gasteiger partial charge is 0.497 e. The van der Waals surface area contributed by atoms with E-state index in [0.717, 1.165) is 22.3 Å². The van der Waals surface area contributed by atoms with Gasteiger partial charge in [-0.25, -0.2) is 14.2 Å². The molecule has 1 aliphatic rings. The van der Waals surface area contributed by atoms with Gasteiger partial charge >= 0.3 is 6.03 Å². The standard InChI is InChI=1S/C19H19FN4O3/c1-10-5-13-17-11(8-21-18(13)22-10)9-24(19(25)23(17)2)14-6-12(26-3)7-15(27-4)16(14)20/h5-8H,9H2,1-4H3,(H,21,22). The number of amides is 2. The minimum Gasteiger partial charge on any atom is -0.497 e. The number of carbonyl (C=O) groups is 1. The molecule has 3 aromatic rings. The Hall–Kier alpha value is -3.29. The summed E-state index contributed by atoms with van der Waals surface area (Å²) in [7, 11) is 4.52. The maximum atomic E-state index is 14.9. The van der Waals surface area contributed by atoms with Gasteiger partial charge in [-0.05, 0) is 13.0 Å². The number of rotatable bonds is 3. The first kappa shape index (κ1) is 17.1. The molecular weight excluding hydrogens is 351 g/mol. The average Bonchev–Trinajstić information content (AvgIpc) is 3.05. The Kier molecular flexibility index (Phi) is 3.91. The molecule has 0 fully saturated rings. The summed E-state index contributed by atoms with van der Waals surface area (Å²) in [4.78, 5) is 23.5. The van der Waals surface area contributed by atoms with Crippen molar-refractivity contribution in [1.82, 2.24) is 9.97 Å². The zero-order valence-electron chi connectivity index (χ0n) is 15.5. The van der Waals surface area contributed by atoms with Crippen molar-refractivity contribution in [2.24, 2.45) is 0 Å². The Balaban J connectivity index is 1.86. The minimum atomic E-state index is -0.616. The number of urea groups is 1. The maximum Gasteiger partial charge on any atom is 0.329 e. The second-order valence-electron chi connectivity index (χ2n) is 6.44. The molecule has 0 unspecified atom stereocenters. The van der Waals surface area contributed by atoms with Crippen LogP contribution in [0.3, 0.4) is 0 Å². The van der Waals surface area contributed by atoms with Gasteiger partial charge in [0.15, 0.2) is 11.6 Å². The van der Waals surface area contributed by atoms with Crippen molar-refractivity contribution in [3.63, 3.8) is 0 Å². The number of aromatic nitrogens is 2. The molecule has 8 heteroatoms. The van der Waals surface area contributed by atoms with Crippen LogP contribution in [0.25, 0.3) is 11.0 Å². The highest BCUT2D eigenvalue weighted by Gasteiger charge is 2.33. The smallest absolute Gasteiger partial charge is 0.329 e. The highest BCUT2D eigenvalue weighted by molar-refractivity contribution is 6.11. The van der Waals surface area contributed by atoms with Crippen molar-refractivity contribution < 1.29 is 18.7 Å². The lowest BCUT2D eigenvalue weighted by atomic mass is 10.1. The van der Waals surface area contributed by atoms with Gasteiger partial charge in [0.25, 0.3) is 0 Å². The van der Waals surface area contributed by atoms with Gasteiger partial charge in [0, 0.05) is 42.0 Å². The third kappa shape index (κ3) is 2.56. The van der Waals surface area contributed by atoms with E-state index in [1.165, 1.54) is 36.2 Å². The first-order valence-corrected chi connectivity index (χ1v) is 8.38. The van der Waals surface area contributed by atoms with E-state index in [1.807, 2.05) is 13.0 Å². The van der Waals surface area contributed by atoms with Crippen molar-refractivity contribution in [1.29, 1.82) is 0 Å². The molecule has 0 radical (unpaired) electrons. The lowest BCUT2D eigenvalue weighted by Crippen LogP contribution is -2.45. The molecule has 3 heterocycles. The molecule has 7 nitrogen and oxygen atoms in total. The number of H-pyrrole nitrogens is 1. The van der Waals surface area contributed by atoms with Crippen molar-refractivity contribution in [2.45, 2.75) is 13.5 Å². The molecule has 140 valence electrons. The summed E-state index contributed by atoms with van der Waals surface area (Å²) in [6.07, 6.45) is 1.71. The second kappa shape index (κ2) is 6.15. The van der Waals surface area contributed by atoms with E-state index in [0.29, 0.717) is 11.4 Å². The van der Waals surface area contributed by atoms with E-state index in [1.54, 1.807) is 13.2 Å². The van der Waals surface area contributed by atoms with E-state index < -0.39 is 5.82 Å². The predicted molar refractivity (Wildman–Crippen MR) is 100 cm³/mol. The topological polar surface area (TPSA) is 70.7 Å². The summed E-state index contributed by atoms with van der Waals surface area (Å²) >= 11 is 0. The Morgan fingerprint density at radius 1 is 1.22 bits per heavy atom. The number of hydrogen-bond donors (Lipinski definition) is 1. The van der Waals surface area contributed by atoms with E-state index >= 15 is 0 Å². The lowest BCUT2D eigenvalue weighted by molar-refractivity contribution is 0.251. The summed E-state index contributed by atoms with van der Waals surface area (Å²) in [6, 6.07) is 4.54. The normalized spacial score (nSPS) is 13.9. The fourth-order valence-electron chi connectivity index (χ4n) is 3.47. The molecular formula is C19H19FN4O3. The van der Waals surface area contributed by atoms with Crippen LogP contribution in [0.2, 0.25) is 0 Å². The number of halogens is 1. The molecule has 1 N–H and O–H groups in total. The number of ether oxygens (including phenoxy) is 2. The minimum absolute atomic E-state index is 0.0143. The lowest BCUT2D eigenvalue weighted by Gasteiger charge is -2.35. The summed E-state index contributed by atoms with van der Waals surface area (Å²) < 4.78 is 25.2. The van der Waals surface area contributed by atoms with Gasteiger partial charge in [-0.1, -0.05) is 0 Å². The number of benzene rings is 1. The molecule has 0 saturated carbocycles. The Bertz CT molecular complexity index is 1060. The van der Waals surface area contributed by atoms with E-state index in [2.05, 4.69) is 9.97 Å². The number of pyridine rings is 1. The molecule has 0 aliphatic carbocycles. The number of carbonyl (C=O) groups excluding carboxylic acids is 1. The van der Waals surface area contributed by atoms with Crippen LogP contribution in [0, 0.1) is 12.7 Å². The van der Waals surface area contributed by atoms with Gasteiger partial charge in [-0.3, -0.25) is 9.80 Å². The molecule has 0 saturated heterocycles. The molecule has 27 heavy (non-hydrogen) atoms. The summed E-state index contributed by atoms with van der Waals surface area (Å²) in [5, 5.41) is 0.865. The SMILES string of the molecule is COc1cc(OC)c(F)c(N2Cc3cnc4[nH]c(C)cc4c3N(C)C2=O)c1. The number of nitrogens with zero attached hydrogens (tertiary/aromatic N) is 3. The van der Waals surface area contributed by atoms with Crippen LogP contribution in [0.4, 0.5) is 20.6 Å². The summed E-state index contributed by atoms with van der Waals surface area (Å²) in [6.45, 7) is 2.13. The molecule has 2 aromatic heterocycles. The van der Waals surface area contributed by atoms with Crippen LogP contribution in [-0.2, 0) is 6.54 Å². The number of nitrogens with one attached hydrogen (secondary N) is 1. The van der Waals surface area contributed by atoms with Crippen LogP contribution in [0.15, 0.2) is 24.4 Å². The Morgan fingerprint density at radius 2 is 2.00 bits per heavy atom. The van der Waals surface area contributed by atoms with E-state index in [9.17, 15) is 9.18 Å². The van der Waals surface area contributed by atoms with E-state index in [4.69, 9.17) is 9.47 Å². The average molecular weight is 370 g/mol. The second-order valence-corrected chi connectivity index (χ2v) is 6.44. The van der Waals surface area contributed by atoms with Crippen LogP contribution in [0.1, 0.15) is 11.3 Å². The van der Waals surface area contributed by atoms with Crippen LogP contribution < -0.4 is 19.3 Å². The third-order valence-electron chi connectivity index (χ3n) is 4.76. The fraction of sp³-hybridized carbons (Fsp3) is 0.263. The highest BCUT2D eigenvalue weighted by Crippen LogP contribution is 2.39. The Labute approximate surface area is 155 Å². The highest BCUT2D eigenvalue weighted by atomic mass is 19.1. The van der Waals surface area contributed by atoms with Gasteiger partial charge in [0.05, 0.1) is 32.1 Å². The first-order chi connectivity index (χ1) is 12.9. The number of aromatic amines is 1. The zero-order chi connectivity index (χ0) is 19.3. The molecule has 4 rings (SSSR count). The monoisotopic (exact) mass is 370 g/mol. The van der Waals surface area contributed by atoms with Gasteiger partial charge in [0.2, 0.25) is 0 Å². The van der Waals surface area contributed by atoms with Crippen molar-refractivity contribution in [3.05, 3.63) is 41.5 Å². The summed E-state index contributed by atoms with van der Waals surface area (Å²) in [5.74, 6) is -0.199. The van der Waals surface area contributed by atoms with Crippen molar-refractivity contribution in [2.75, 3.05) is 31.1 Å². The molecule has 1 aromatic carbocycles. The zero-order valence-corrected chi connectivity index (χ0v) is 15.5. The third-order valence-corrected chi connectivity index (χ3v) is 4.76. The first-order valence-electron chi connectivity index (χ1n) is 8.38. The molecule has 1 aliphatic heterocycles. The van der Waals surface area contributed by atoms with Crippen molar-refractivity contribution >= 4 is 28.4 Å².